The maximum absolute atomic E-state index is 14.2. The molecule has 0 spiro atoms. The molecule has 2 aromatic carbocycles. The van der Waals surface area contributed by atoms with Gasteiger partial charge in [-0.2, -0.15) is 18.3 Å². The molecular weight excluding hydrogens is 412 g/mol. The molecule has 0 aliphatic carbocycles. The normalized spacial score (nSPS) is 12.1. The van der Waals surface area contributed by atoms with E-state index in [1.165, 1.54) is 29.0 Å². The summed E-state index contributed by atoms with van der Waals surface area (Å²) in [6, 6.07) is 7.17. The molecule has 29 heavy (non-hydrogen) atoms. The highest BCUT2D eigenvalue weighted by Gasteiger charge is 2.31. The van der Waals surface area contributed by atoms with Gasteiger partial charge in [-0.25, -0.2) is 9.18 Å². The number of hydrogen-bond acceptors (Lipinski definition) is 3. The Balaban J connectivity index is 2.09. The zero-order valence-electron chi connectivity index (χ0n) is 15.1. The lowest BCUT2D eigenvalue weighted by molar-refractivity contribution is -0.138. The Morgan fingerprint density at radius 3 is 2.66 bits per heavy atom. The van der Waals surface area contributed by atoms with Gasteiger partial charge in [0.05, 0.1) is 29.9 Å². The van der Waals surface area contributed by atoms with Gasteiger partial charge >= 0.3 is 12.1 Å². The number of alkyl halides is 3. The number of aromatic nitrogens is 2. The van der Waals surface area contributed by atoms with Gasteiger partial charge in [0.15, 0.2) is 0 Å². The second-order valence-electron chi connectivity index (χ2n) is 6.09. The molecule has 0 aliphatic rings. The number of carbonyl (C=O) groups excluding carboxylic acids is 1. The first kappa shape index (κ1) is 20.9. The monoisotopic (exact) mass is 426 g/mol. The molecule has 0 atom stereocenters. The highest BCUT2D eigenvalue weighted by Crippen LogP contribution is 2.33. The Hall–Kier alpha value is -2.87. The van der Waals surface area contributed by atoms with Gasteiger partial charge in [-0.05, 0) is 43.3 Å². The average molecular weight is 427 g/mol. The van der Waals surface area contributed by atoms with E-state index in [0.717, 1.165) is 24.3 Å². The van der Waals surface area contributed by atoms with Crippen LogP contribution in [0.25, 0.3) is 17.0 Å². The molecule has 4 nitrogen and oxygen atoms in total. The molecule has 0 unspecified atom stereocenters. The quantitative estimate of drug-likeness (QED) is 0.308. The number of benzene rings is 2. The molecule has 152 valence electrons. The van der Waals surface area contributed by atoms with Crippen LogP contribution in [0.15, 0.2) is 42.5 Å². The van der Waals surface area contributed by atoms with Crippen molar-refractivity contribution in [1.29, 1.82) is 0 Å². The molecule has 0 fully saturated rings. The minimum atomic E-state index is -4.55. The van der Waals surface area contributed by atoms with Gasteiger partial charge in [-0.15, -0.1) is 0 Å². The van der Waals surface area contributed by atoms with Gasteiger partial charge in [0.1, 0.15) is 5.82 Å². The summed E-state index contributed by atoms with van der Waals surface area (Å²) in [7, 11) is 0. The predicted octanol–water partition coefficient (Wildman–Crippen LogP) is 5.47. The van der Waals surface area contributed by atoms with Gasteiger partial charge in [-0.1, -0.05) is 17.7 Å². The molecule has 0 amide bonds. The third-order valence-electron chi connectivity index (χ3n) is 4.11. The summed E-state index contributed by atoms with van der Waals surface area (Å²) in [6.45, 7) is 1.71. The Morgan fingerprint density at radius 2 is 2.00 bits per heavy atom. The summed E-state index contributed by atoms with van der Waals surface area (Å²) in [6.07, 6.45) is -2.06. The molecule has 9 heteroatoms. The first-order valence-corrected chi connectivity index (χ1v) is 8.93. The Labute approximate surface area is 168 Å². The van der Waals surface area contributed by atoms with E-state index >= 15 is 0 Å². The fraction of sp³-hybridized carbons (Fsp3) is 0.200. The molecule has 0 saturated carbocycles. The third kappa shape index (κ3) is 4.76. The lowest BCUT2D eigenvalue weighted by Crippen LogP contribution is -2.07. The van der Waals surface area contributed by atoms with E-state index in [9.17, 15) is 22.4 Å². The zero-order chi connectivity index (χ0) is 21.2. The first-order valence-electron chi connectivity index (χ1n) is 8.55. The molecule has 1 heterocycles. The summed E-state index contributed by atoms with van der Waals surface area (Å²) in [5.41, 5.74) is -0.241. The number of rotatable bonds is 5. The summed E-state index contributed by atoms with van der Waals surface area (Å²) in [4.78, 5) is 11.6. The fourth-order valence-electron chi connectivity index (χ4n) is 2.77. The Bertz CT molecular complexity index is 1090. The smallest absolute Gasteiger partial charge is 0.416 e. The van der Waals surface area contributed by atoms with E-state index in [-0.39, 0.29) is 34.9 Å². The van der Waals surface area contributed by atoms with E-state index in [1.807, 2.05) is 0 Å². The largest absolute Gasteiger partial charge is 0.463 e. The number of carbonyl (C=O) groups is 1. The van der Waals surface area contributed by atoms with E-state index < -0.39 is 23.5 Å². The molecular formula is C20H15ClF4N2O2. The van der Waals surface area contributed by atoms with Crippen LogP contribution in [0.5, 0.6) is 0 Å². The van der Waals surface area contributed by atoms with Crippen LogP contribution in [0, 0.1) is 5.82 Å². The average Bonchev–Trinajstić information content (AvgIpc) is 2.99. The standard InChI is InChI=1S/C20H15ClF4N2O2/c1-2-29-19(28)8-7-17-15-6-4-13(20(23,24)25)9-18(15)27(26-17)11-12-3-5-14(21)10-16(12)22/h3-10H,2,11H2,1H3. The number of nitrogens with zero attached hydrogens (tertiary/aromatic N) is 2. The topological polar surface area (TPSA) is 44.1 Å². The van der Waals surface area contributed by atoms with Gasteiger partial charge < -0.3 is 4.74 Å². The van der Waals surface area contributed by atoms with Crippen LogP contribution in [0.2, 0.25) is 5.02 Å². The van der Waals surface area contributed by atoms with Crippen LogP contribution in [-0.2, 0) is 22.3 Å². The maximum atomic E-state index is 14.2. The molecule has 0 bridgehead atoms. The highest BCUT2D eigenvalue weighted by atomic mass is 35.5. The number of esters is 1. The Morgan fingerprint density at radius 1 is 1.24 bits per heavy atom. The number of fused-ring (bicyclic) bond motifs is 1. The van der Waals surface area contributed by atoms with E-state index in [0.29, 0.717) is 5.39 Å². The van der Waals surface area contributed by atoms with Crippen molar-refractivity contribution < 1.29 is 27.1 Å². The van der Waals surface area contributed by atoms with Crippen LogP contribution in [0.4, 0.5) is 17.6 Å². The van der Waals surface area contributed by atoms with Gasteiger partial charge in [0.2, 0.25) is 0 Å². The molecule has 0 saturated heterocycles. The second-order valence-corrected chi connectivity index (χ2v) is 6.53. The highest BCUT2D eigenvalue weighted by molar-refractivity contribution is 6.30. The minimum Gasteiger partial charge on any atom is -0.463 e. The molecule has 3 aromatic rings. The van der Waals surface area contributed by atoms with Crippen molar-refractivity contribution in [2.75, 3.05) is 6.61 Å². The lowest BCUT2D eigenvalue weighted by Gasteiger charge is -2.09. The van der Waals surface area contributed by atoms with Crippen molar-refractivity contribution in [3.05, 3.63) is 70.1 Å². The molecule has 1 aromatic heterocycles. The maximum Gasteiger partial charge on any atom is 0.416 e. The van der Waals surface area contributed by atoms with Crippen LogP contribution >= 0.6 is 11.6 Å². The summed E-state index contributed by atoms with van der Waals surface area (Å²) >= 11 is 5.75. The van der Waals surface area contributed by atoms with Crippen LogP contribution < -0.4 is 0 Å². The molecule has 0 aliphatic heterocycles. The number of ether oxygens (including phenoxy) is 1. The minimum absolute atomic E-state index is 0.117. The Kier molecular flexibility index (Phi) is 5.93. The summed E-state index contributed by atoms with van der Waals surface area (Å²) in [5, 5.41) is 4.84. The zero-order valence-corrected chi connectivity index (χ0v) is 15.9. The summed E-state index contributed by atoms with van der Waals surface area (Å²) < 4.78 is 59.7. The van der Waals surface area contributed by atoms with Gasteiger partial charge in [0, 0.05) is 22.0 Å². The number of hydrogen-bond donors (Lipinski definition) is 0. The first-order chi connectivity index (χ1) is 13.7. The van der Waals surface area contributed by atoms with Crippen LogP contribution in [0.3, 0.4) is 0 Å². The van der Waals surface area contributed by atoms with Gasteiger partial charge in [-0.3, -0.25) is 4.68 Å². The fourth-order valence-corrected chi connectivity index (χ4v) is 2.93. The van der Waals surface area contributed by atoms with Crippen molar-refractivity contribution in [3.8, 4) is 0 Å². The van der Waals surface area contributed by atoms with Crippen LogP contribution in [0.1, 0.15) is 23.7 Å². The van der Waals surface area contributed by atoms with Crippen molar-refractivity contribution in [1.82, 2.24) is 9.78 Å². The third-order valence-corrected chi connectivity index (χ3v) is 4.34. The van der Waals surface area contributed by atoms with E-state index in [2.05, 4.69) is 5.10 Å². The lowest BCUT2D eigenvalue weighted by atomic mass is 10.1. The molecule has 0 N–H and O–H groups in total. The van der Waals surface area contributed by atoms with E-state index in [4.69, 9.17) is 16.3 Å². The predicted molar refractivity (Wildman–Crippen MR) is 101 cm³/mol. The van der Waals surface area contributed by atoms with Crippen molar-refractivity contribution >= 4 is 34.5 Å². The number of halogens is 5. The SMILES string of the molecule is CCOC(=O)C=Cc1nn(Cc2ccc(Cl)cc2F)c2cc(C(F)(F)F)ccc12. The van der Waals surface area contributed by atoms with Crippen molar-refractivity contribution in [2.45, 2.75) is 19.6 Å². The molecule has 3 rings (SSSR count). The van der Waals surface area contributed by atoms with Crippen LogP contribution in [-0.4, -0.2) is 22.4 Å². The molecule has 0 radical (unpaired) electrons. The van der Waals surface area contributed by atoms with Crippen molar-refractivity contribution in [3.63, 3.8) is 0 Å². The second kappa shape index (κ2) is 8.24. The van der Waals surface area contributed by atoms with Crippen molar-refractivity contribution in [2.24, 2.45) is 0 Å². The summed E-state index contributed by atoms with van der Waals surface area (Å²) in [5.74, 6) is -1.21. The van der Waals surface area contributed by atoms with E-state index in [1.54, 1.807) is 6.92 Å². The van der Waals surface area contributed by atoms with Gasteiger partial charge in [0.25, 0.3) is 0 Å².